The van der Waals surface area contributed by atoms with E-state index in [0.717, 1.165) is 11.5 Å². The maximum atomic E-state index is 12.1. The molecule has 96 valence electrons. The Morgan fingerprint density at radius 3 is 2.67 bits per heavy atom. The van der Waals surface area contributed by atoms with Crippen molar-refractivity contribution in [3.05, 3.63) is 34.9 Å². The number of aromatic nitrogens is 2. The molecule has 1 amide bonds. The summed E-state index contributed by atoms with van der Waals surface area (Å²) in [6.07, 6.45) is 0. The topological polar surface area (TPSA) is 60.1 Å². The van der Waals surface area contributed by atoms with E-state index in [-0.39, 0.29) is 5.91 Å². The van der Waals surface area contributed by atoms with Crippen molar-refractivity contribution in [2.75, 3.05) is 5.32 Å². The summed E-state index contributed by atoms with van der Waals surface area (Å²) in [6.45, 7) is 8.20. The highest BCUT2D eigenvalue weighted by atomic mass is 16.3. The molecule has 18 heavy (non-hydrogen) atoms. The van der Waals surface area contributed by atoms with Crippen molar-refractivity contribution in [1.82, 2.24) is 9.78 Å². The van der Waals surface area contributed by atoms with E-state index in [2.05, 4.69) is 10.4 Å². The van der Waals surface area contributed by atoms with Crippen LogP contribution in [0.2, 0.25) is 0 Å². The lowest BCUT2D eigenvalue weighted by atomic mass is 10.2. The SMILES string of the molecule is CCn1nc(C)cc1NC(=O)c1cc(C)oc1C. The highest BCUT2D eigenvalue weighted by Crippen LogP contribution is 2.17. The van der Waals surface area contributed by atoms with E-state index in [9.17, 15) is 4.79 Å². The van der Waals surface area contributed by atoms with Crippen molar-refractivity contribution >= 4 is 11.7 Å². The van der Waals surface area contributed by atoms with Crippen molar-refractivity contribution in [3.8, 4) is 0 Å². The Morgan fingerprint density at radius 1 is 1.39 bits per heavy atom. The van der Waals surface area contributed by atoms with Gasteiger partial charge in [-0.15, -0.1) is 0 Å². The number of rotatable bonds is 3. The summed E-state index contributed by atoms with van der Waals surface area (Å²) in [7, 11) is 0. The second-order valence-corrected chi connectivity index (χ2v) is 4.27. The first-order valence-electron chi connectivity index (χ1n) is 5.94. The third-order valence-electron chi connectivity index (χ3n) is 2.73. The fraction of sp³-hybridized carbons (Fsp3) is 0.385. The number of hydrogen-bond acceptors (Lipinski definition) is 3. The van der Waals surface area contributed by atoms with Crippen LogP contribution in [-0.4, -0.2) is 15.7 Å². The minimum Gasteiger partial charge on any atom is -0.466 e. The van der Waals surface area contributed by atoms with Gasteiger partial charge in [0.15, 0.2) is 0 Å². The second kappa shape index (κ2) is 4.68. The van der Waals surface area contributed by atoms with Crippen molar-refractivity contribution in [3.63, 3.8) is 0 Å². The highest BCUT2D eigenvalue weighted by Gasteiger charge is 2.15. The third kappa shape index (κ3) is 2.30. The van der Waals surface area contributed by atoms with Crippen LogP contribution in [0.4, 0.5) is 5.82 Å². The summed E-state index contributed by atoms with van der Waals surface area (Å²) >= 11 is 0. The summed E-state index contributed by atoms with van der Waals surface area (Å²) in [5.41, 5.74) is 1.45. The second-order valence-electron chi connectivity index (χ2n) is 4.27. The molecule has 0 spiro atoms. The van der Waals surface area contributed by atoms with Gasteiger partial charge in [-0.1, -0.05) is 0 Å². The fourth-order valence-corrected chi connectivity index (χ4v) is 1.93. The van der Waals surface area contributed by atoms with Gasteiger partial charge in [-0.25, -0.2) is 4.68 Å². The first-order chi connectivity index (χ1) is 8.51. The smallest absolute Gasteiger partial charge is 0.260 e. The van der Waals surface area contributed by atoms with Gasteiger partial charge in [0.1, 0.15) is 17.3 Å². The number of nitrogens with one attached hydrogen (secondary N) is 1. The molecule has 0 unspecified atom stereocenters. The Morgan fingerprint density at radius 2 is 2.11 bits per heavy atom. The zero-order valence-electron chi connectivity index (χ0n) is 11.1. The summed E-state index contributed by atoms with van der Waals surface area (Å²) in [5, 5.41) is 7.14. The van der Waals surface area contributed by atoms with Crippen LogP contribution in [0, 0.1) is 20.8 Å². The number of carbonyl (C=O) groups is 1. The molecule has 0 atom stereocenters. The van der Waals surface area contributed by atoms with Gasteiger partial charge in [-0.05, 0) is 33.8 Å². The molecule has 0 aliphatic heterocycles. The summed E-state index contributed by atoms with van der Waals surface area (Å²) < 4.78 is 7.11. The van der Waals surface area contributed by atoms with Gasteiger partial charge in [-0.2, -0.15) is 5.10 Å². The number of carbonyl (C=O) groups excluding carboxylic acids is 1. The number of amides is 1. The van der Waals surface area contributed by atoms with Crippen molar-refractivity contribution in [1.29, 1.82) is 0 Å². The summed E-state index contributed by atoms with van der Waals surface area (Å²) in [4.78, 5) is 12.1. The Labute approximate surface area is 106 Å². The van der Waals surface area contributed by atoms with E-state index < -0.39 is 0 Å². The average Bonchev–Trinajstić information content (AvgIpc) is 2.81. The lowest BCUT2D eigenvalue weighted by Crippen LogP contribution is -2.15. The van der Waals surface area contributed by atoms with Crippen LogP contribution in [0.15, 0.2) is 16.5 Å². The van der Waals surface area contributed by atoms with Crippen molar-refractivity contribution in [2.45, 2.75) is 34.2 Å². The van der Waals surface area contributed by atoms with Crippen LogP contribution in [0.25, 0.3) is 0 Å². The zero-order chi connectivity index (χ0) is 13.3. The molecule has 1 N–H and O–H groups in total. The Hall–Kier alpha value is -2.04. The van der Waals surface area contributed by atoms with E-state index in [1.165, 1.54) is 0 Å². The van der Waals surface area contributed by atoms with E-state index in [1.807, 2.05) is 26.8 Å². The number of furan rings is 1. The summed E-state index contributed by atoms with van der Waals surface area (Å²) in [5.74, 6) is 1.90. The Bertz CT molecular complexity index is 581. The minimum atomic E-state index is -0.168. The first-order valence-corrected chi connectivity index (χ1v) is 5.94. The molecule has 2 heterocycles. The first kappa shape index (κ1) is 12.4. The molecule has 5 heteroatoms. The lowest BCUT2D eigenvalue weighted by Gasteiger charge is -2.05. The average molecular weight is 247 g/mol. The van der Waals surface area contributed by atoms with Crippen LogP contribution < -0.4 is 5.32 Å². The molecular formula is C13H17N3O2. The molecule has 0 aliphatic rings. The molecule has 0 aliphatic carbocycles. The number of anilines is 1. The Kier molecular flexibility index (Phi) is 3.23. The van der Waals surface area contributed by atoms with Crippen LogP contribution in [0.5, 0.6) is 0 Å². The maximum absolute atomic E-state index is 12.1. The molecule has 0 radical (unpaired) electrons. The molecule has 2 aromatic heterocycles. The van der Waals surface area contributed by atoms with Crippen LogP contribution in [0.3, 0.4) is 0 Å². The van der Waals surface area contributed by atoms with Crippen molar-refractivity contribution < 1.29 is 9.21 Å². The molecular weight excluding hydrogens is 230 g/mol. The van der Waals surface area contributed by atoms with Gasteiger partial charge in [0, 0.05) is 12.6 Å². The van der Waals surface area contributed by atoms with Crippen LogP contribution in [-0.2, 0) is 6.54 Å². The lowest BCUT2D eigenvalue weighted by molar-refractivity contribution is 0.102. The van der Waals surface area contributed by atoms with Crippen molar-refractivity contribution in [2.24, 2.45) is 0 Å². The van der Waals surface area contributed by atoms with Gasteiger partial charge in [-0.3, -0.25) is 4.79 Å². The number of aryl methyl sites for hydroxylation is 4. The molecule has 0 fully saturated rings. The normalized spacial score (nSPS) is 10.7. The van der Waals surface area contributed by atoms with Gasteiger partial charge < -0.3 is 9.73 Å². The van der Waals surface area contributed by atoms with Gasteiger partial charge in [0.05, 0.1) is 11.3 Å². The molecule has 2 rings (SSSR count). The van der Waals surface area contributed by atoms with Gasteiger partial charge in [0.25, 0.3) is 5.91 Å². The summed E-state index contributed by atoms with van der Waals surface area (Å²) in [6, 6.07) is 3.59. The maximum Gasteiger partial charge on any atom is 0.260 e. The monoisotopic (exact) mass is 247 g/mol. The van der Waals surface area contributed by atoms with Crippen LogP contribution in [0.1, 0.15) is 34.5 Å². The molecule has 0 bridgehead atoms. The van der Waals surface area contributed by atoms with Gasteiger partial charge >= 0.3 is 0 Å². The highest BCUT2D eigenvalue weighted by molar-refractivity contribution is 6.04. The molecule has 0 aromatic carbocycles. The number of hydrogen-bond donors (Lipinski definition) is 1. The van der Waals surface area contributed by atoms with E-state index >= 15 is 0 Å². The molecule has 0 saturated heterocycles. The largest absolute Gasteiger partial charge is 0.466 e. The third-order valence-corrected chi connectivity index (χ3v) is 2.73. The van der Waals surface area contributed by atoms with Gasteiger partial charge in [0.2, 0.25) is 0 Å². The fourth-order valence-electron chi connectivity index (χ4n) is 1.93. The minimum absolute atomic E-state index is 0.168. The predicted octanol–water partition coefficient (Wildman–Crippen LogP) is 2.67. The standard InChI is InChI=1S/C13H17N3O2/c1-5-16-12(6-8(2)15-16)14-13(17)11-7-9(3)18-10(11)4/h6-7H,5H2,1-4H3,(H,14,17). The quantitative estimate of drug-likeness (QED) is 0.907. The predicted molar refractivity (Wildman–Crippen MR) is 68.8 cm³/mol. The van der Waals surface area contributed by atoms with E-state index in [1.54, 1.807) is 17.7 Å². The van der Waals surface area contributed by atoms with E-state index in [4.69, 9.17) is 4.42 Å². The number of nitrogens with zero attached hydrogens (tertiary/aromatic N) is 2. The molecule has 0 saturated carbocycles. The zero-order valence-corrected chi connectivity index (χ0v) is 11.1. The van der Waals surface area contributed by atoms with Crippen LogP contribution >= 0.6 is 0 Å². The molecule has 2 aromatic rings. The Balaban J connectivity index is 2.23. The van der Waals surface area contributed by atoms with E-state index in [0.29, 0.717) is 23.7 Å². The molecule has 5 nitrogen and oxygen atoms in total.